The largest absolute Gasteiger partial charge is 0.326 e. The van der Waals surface area contributed by atoms with Crippen molar-refractivity contribution in [1.82, 2.24) is 4.98 Å². The van der Waals surface area contributed by atoms with Gasteiger partial charge in [0.2, 0.25) is 0 Å². The van der Waals surface area contributed by atoms with Gasteiger partial charge in [-0.05, 0) is 29.8 Å². The maximum absolute atomic E-state index is 12.2. The number of nitrogens with one attached hydrogen (secondary N) is 1. The number of aromatic nitrogens is 1. The van der Waals surface area contributed by atoms with Crippen LogP contribution in [0.1, 0.15) is 5.56 Å². The minimum absolute atomic E-state index is 0.0892. The molecule has 1 aromatic heterocycles. The topological polar surface area (TPSA) is 85.1 Å². The molecule has 0 bridgehead atoms. The first-order chi connectivity index (χ1) is 9.42. The van der Waals surface area contributed by atoms with Crippen LogP contribution in [-0.4, -0.2) is 13.4 Å². The average Bonchev–Trinajstić information content (AvgIpc) is 2.42. The minimum atomic E-state index is -3.78. The van der Waals surface area contributed by atoms with E-state index in [0.29, 0.717) is 17.3 Å². The first kappa shape index (κ1) is 15.2. The van der Waals surface area contributed by atoms with E-state index in [1.165, 1.54) is 12.3 Å². The molecule has 0 unspecified atom stereocenters. The van der Waals surface area contributed by atoms with Crippen LogP contribution in [0.25, 0.3) is 0 Å². The van der Waals surface area contributed by atoms with Crippen molar-refractivity contribution in [3.05, 3.63) is 51.6 Å². The van der Waals surface area contributed by atoms with Crippen LogP contribution in [0.5, 0.6) is 0 Å². The maximum atomic E-state index is 12.2. The van der Waals surface area contributed by atoms with E-state index in [-0.39, 0.29) is 5.03 Å². The van der Waals surface area contributed by atoms with Gasteiger partial charge in [0.15, 0.2) is 5.03 Å². The molecule has 1 heterocycles. The van der Waals surface area contributed by atoms with Crippen LogP contribution >= 0.6 is 27.5 Å². The van der Waals surface area contributed by atoms with Gasteiger partial charge in [-0.25, -0.2) is 4.98 Å². The lowest BCUT2D eigenvalue weighted by molar-refractivity contribution is 0.597. The number of sulfonamides is 1. The van der Waals surface area contributed by atoms with Crippen molar-refractivity contribution in [1.29, 1.82) is 0 Å². The highest BCUT2D eigenvalue weighted by Crippen LogP contribution is 2.27. The molecule has 0 atom stereocenters. The molecule has 2 rings (SSSR count). The Bertz CT molecular complexity index is 720. The van der Waals surface area contributed by atoms with Gasteiger partial charge in [-0.3, -0.25) is 4.72 Å². The van der Waals surface area contributed by atoms with E-state index in [9.17, 15) is 8.42 Å². The van der Waals surface area contributed by atoms with Crippen LogP contribution in [0.3, 0.4) is 0 Å². The number of nitrogens with two attached hydrogens (primary N) is 1. The third-order valence-electron chi connectivity index (χ3n) is 2.48. The SMILES string of the molecule is NCc1ccc(S(=O)(=O)Nc2ccc(Br)cc2Cl)nc1. The third-order valence-corrected chi connectivity index (χ3v) is 4.57. The van der Waals surface area contributed by atoms with Gasteiger partial charge in [-0.1, -0.05) is 33.6 Å². The number of hydrogen-bond donors (Lipinski definition) is 2. The van der Waals surface area contributed by atoms with Crippen LogP contribution in [0.15, 0.2) is 46.0 Å². The van der Waals surface area contributed by atoms with Gasteiger partial charge < -0.3 is 5.73 Å². The Morgan fingerprint density at radius 2 is 2.05 bits per heavy atom. The van der Waals surface area contributed by atoms with Gasteiger partial charge in [0.1, 0.15) is 0 Å². The number of benzene rings is 1. The minimum Gasteiger partial charge on any atom is -0.326 e. The lowest BCUT2D eigenvalue weighted by Crippen LogP contribution is -2.15. The molecule has 3 N–H and O–H groups in total. The molecule has 1 aromatic carbocycles. The highest BCUT2D eigenvalue weighted by molar-refractivity contribution is 9.10. The fourth-order valence-corrected chi connectivity index (χ4v) is 3.25. The normalized spacial score (nSPS) is 11.3. The predicted octanol–water partition coefficient (Wildman–Crippen LogP) is 2.76. The van der Waals surface area contributed by atoms with Crippen molar-refractivity contribution in [2.75, 3.05) is 4.72 Å². The lowest BCUT2D eigenvalue weighted by Gasteiger charge is -2.09. The number of anilines is 1. The van der Waals surface area contributed by atoms with Crippen LogP contribution in [-0.2, 0) is 16.6 Å². The van der Waals surface area contributed by atoms with Crippen molar-refractivity contribution in [2.24, 2.45) is 5.73 Å². The second kappa shape index (κ2) is 6.09. The van der Waals surface area contributed by atoms with E-state index >= 15 is 0 Å². The van der Waals surface area contributed by atoms with Crippen LogP contribution in [0.2, 0.25) is 5.02 Å². The van der Waals surface area contributed by atoms with Gasteiger partial charge >= 0.3 is 0 Å². The molecule has 0 aliphatic carbocycles. The van der Waals surface area contributed by atoms with Gasteiger partial charge in [0.25, 0.3) is 10.0 Å². The standard InChI is InChI=1S/C12H11BrClN3O2S/c13-9-2-3-11(10(14)5-9)17-20(18,19)12-4-1-8(6-15)7-16-12/h1-5,7,17H,6,15H2. The van der Waals surface area contributed by atoms with Gasteiger partial charge in [0.05, 0.1) is 10.7 Å². The van der Waals surface area contributed by atoms with Gasteiger partial charge in [-0.2, -0.15) is 8.42 Å². The molecule has 0 spiro atoms. The summed E-state index contributed by atoms with van der Waals surface area (Å²) >= 11 is 9.23. The predicted molar refractivity (Wildman–Crippen MR) is 82.1 cm³/mol. The lowest BCUT2D eigenvalue weighted by atomic mass is 10.3. The number of rotatable bonds is 4. The van der Waals surface area contributed by atoms with Crippen molar-refractivity contribution < 1.29 is 8.42 Å². The van der Waals surface area contributed by atoms with Crippen molar-refractivity contribution in [2.45, 2.75) is 11.6 Å². The smallest absolute Gasteiger partial charge is 0.279 e. The summed E-state index contributed by atoms with van der Waals surface area (Å²) in [7, 11) is -3.78. The molecular formula is C12H11BrClN3O2S. The zero-order valence-corrected chi connectivity index (χ0v) is 13.3. The summed E-state index contributed by atoms with van der Waals surface area (Å²) in [5.74, 6) is 0. The maximum Gasteiger partial charge on any atom is 0.279 e. The molecule has 0 fully saturated rings. The first-order valence-electron chi connectivity index (χ1n) is 5.55. The first-order valence-corrected chi connectivity index (χ1v) is 8.20. The second-order valence-corrected chi connectivity index (χ2v) is 6.89. The van der Waals surface area contributed by atoms with Gasteiger partial charge in [0, 0.05) is 17.2 Å². The summed E-state index contributed by atoms with van der Waals surface area (Å²) in [6.07, 6.45) is 1.43. The Balaban J connectivity index is 2.30. The summed E-state index contributed by atoms with van der Waals surface area (Å²) in [5, 5.41) is 0.204. The molecule has 2 aromatic rings. The number of nitrogens with zero attached hydrogens (tertiary/aromatic N) is 1. The van der Waals surface area contributed by atoms with Crippen LogP contribution in [0.4, 0.5) is 5.69 Å². The molecule has 0 aliphatic heterocycles. The monoisotopic (exact) mass is 375 g/mol. The highest BCUT2D eigenvalue weighted by Gasteiger charge is 2.17. The summed E-state index contributed by atoms with van der Waals surface area (Å²) in [4.78, 5) is 3.88. The molecule has 0 aliphatic rings. The molecule has 106 valence electrons. The summed E-state index contributed by atoms with van der Waals surface area (Å²) in [6, 6.07) is 7.87. The fraction of sp³-hybridized carbons (Fsp3) is 0.0833. The Kier molecular flexibility index (Phi) is 4.64. The van der Waals surface area contributed by atoms with E-state index in [1.54, 1.807) is 24.3 Å². The molecular weight excluding hydrogens is 366 g/mol. The van der Waals surface area contributed by atoms with E-state index in [1.807, 2.05) is 0 Å². The second-order valence-electron chi connectivity index (χ2n) is 3.94. The molecule has 5 nitrogen and oxygen atoms in total. The zero-order chi connectivity index (χ0) is 14.8. The van der Waals surface area contributed by atoms with E-state index < -0.39 is 10.0 Å². The molecule has 0 saturated carbocycles. The summed E-state index contributed by atoms with van der Waals surface area (Å²) < 4.78 is 27.5. The Labute approximate surface area is 130 Å². The Hall–Kier alpha value is -1.15. The van der Waals surface area contributed by atoms with Crippen molar-refractivity contribution >= 4 is 43.2 Å². The third kappa shape index (κ3) is 3.49. The Morgan fingerprint density at radius 1 is 1.30 bits per heavy atom. The van der Waals surface area contributed by atoms with E-state index in [2.05, 4.69) is 25.6 Å². The fourth-order valence-electron chi connectivity index (χ4n) is 1.46. The Morgan fingerprint density at radius 3 is 2.60 bits per heavy atom. The van der Waals surface area contributed by atoms with Crippen molar-refractivity contribution in [3.8, 4) is 0 Å². The quantitative estimate of drug-likeness (QED) is 0.859. The van der Waals surface area contributed by atoms with Crippen LogP contribution < -0.4 is 10.5 Å². The van der Waals surface area contributed by atoms with E-state index in [0.717, 1.165) is 10.0 Å². The highest BCUT2D eigenvalue weighted by atomic mass is 79.9. The average molecular weight is 377 g/mol. The van der Waals surface area contributed by atoms with Crippen LogP contribution in [0, 0.1) is 0 Å². The van der Waals surface area contributed by atoms with Gasteiger partial charge in [-0.15, -0.1) is 0 Å². The molecule has 0 radical (unpaired) electrons. The number of pyridine rings is 1. The summed E-state index contributed by atoms with van der Waals surface area (Å²) in [5.41, 5.74) is 6.49. The summed E-state index contributed by atoms with van der Waals surface area (Å²) in [6.45, 7) is 0.305. The molecule has 0 amide bonds. The molecule has 8 heteroatoms. The zero-order valence-electron chi connectivity index (χ0n) is 10.2. The van der Waals surface area contributed by atoms with E-state index in [4.69, 9.17) is 17.3 Å². The number of hydrogen-bond acceptors (Lipinski definition) is 4. The molecule has 20 heavy (non-hydrogen) atoms. The number of halogens is 2. The van der Waals surface area contributed by atoms with Crippen molar-refractivity contribution in [3.63, 3.8) is 0 Å². The molecule has 0 saturated heterocycles.